The van der Waals surface area contributed by atoms with Crippen LogP contribution in [0, 0.1) is 6.92 Å². The van der Waals surface area contributed by atoms with Crippen LogP contribution in [-0.2, 0) is 0 Å². The Morgan fingerprint density at radius 1 is 1.44 bits per heavy atom. The summed E-state index contributed by atoms with van der Waals surface area (Å²) in [6, 6.07) is 3.15. The molecule has 7 heteroatoms. The Balaban J connectivity index is 2.11. The molecule has 1 amide bonds. The predicted molar refractivity (Wildman–Crippen MR) is 55.6 cm³/mol. The van der Waals surface area contributed by atoms with Crippen LogP contribution in [0.4, 0.5) is 11.8 Å². The highest BCUT2D eigenvalue weighted by atomic mass is 16.4. The molecule has 0 atom stereocenters. The van der Waals surface area contributed by atoms with E-state index < -0.39 is 0 Å². The van der Waals surface area contributed by atoms with Gasteiger partial charge in [0.15, 0.2) is 0 Å². The van der Waals surface area contributed by atoms with E-state index in [0.29, 0.717) is 17.3 Å². The first kappa shape index (κ1) is 10.1. The van der Waals surface area contributed by atoms with Crippen molar-refractivity contribution in [3.05, 3.63) is 29.8 Å². The fourth-order valence-electron chi connectivity index (χ4n) is 1.06. The standard InChI is InChI=1S/C9H9N5O2/c1-5-13-14-9(16-5)12-8(15)6-2-3-7(10)11-4-6/h2-4H,1H3,(H2,10,11)(H,12,14,15). The number of aryl methyl sites for hydroxylation is 1. The van der Waals surface area contributed by atoms with Crippen LogP contribution >= 0.6 is 0 Å². The third-order valence-corrected chi connectivity index (χ3v) is 1.80. The molecule has 2 heterocycles. The number of carbonyl (C=O) groups excluding carboxylic acids is 1. The topological polar surface area (TPSA) is 107 Å². The molecule has 0 saturated heterocycles. The Morgan fingerprint density at radius 2 is 2.25 bits per heavy atom. The molecule has 0 aliphatic carbocycles. The predicted octanol–water partition coefficient (Wildman–Crippen LogP) is 0.608. The molecule has 0 unspecified atom stereocenters. The van der Waals surface area contributed by atoms with Crippen molar-refractivity contribution in [2.45, 2.75) is 6.92 Å². The molecule has 0 aliphatic heterocycles. The van der Waals surface area contributed by atoms with Crippen LogP contribution in [0.1, 0.15) is 16.2 Å². The van der Waals surface area contributed by atoms with E-state index in [2.05, 4.69) is 20.5 Å². The summed E-state index contributed by atoms with van der Waals surface area (Å²) in [5, 5.41) is 9.65. The molecule has 0 aromatic carbocycles. The summed E-state index contributed by atoms with van der Waals surface area (Å²) >= 11 is 0. The molecule has 82 valence electrons. The monoisotopic (exact) mass is 219 g/mol. The molecule has 3 N–H and O–H groups in total. The van der Waals surface area contributed by atoms with Crippen molar-refractivity contribution < 1.29 is 9.21 Å². The summed E-state index contributed by atoms with van der Waals surface area (Å²) in [5.41, 5.74) is 5.76. The normalized spacial score (nSPS) is 10.1. The SMILES string of the molecule is Cc1nnc(NC(=O)c2ccc(N)nc2)o1. The van der Waals surface area contributed by atoms with Crippen molar-refractivity contribution >= 4 is 17.7 Å². The van der Waals surface area contributed by atoms with E-state index in [9.17, 15) is 4.79 Å². The zero-order valence-corrected chi connectivity index (χ0v) is 8.47. The highest BCUT2D eigenvalue weighted by Crippen LogP contribution is 2.07. The van der Waals surface area contributed by atoms with Crippen molar-refractivity contribution in [1.82, 2.24) is 15.2 Å². The van der Waals surface area contributed by atoms with Crippen LogP contribution in [0.2, 0.25) is 0 Å². The molecule has 16 heavy (non-hydrogen) atoms. The first-order chi connectivity index (χ1) is 7.65. The van der Waals surface area contributed by atoms with Gasteiger partial charge in [0.2, 0.25) is 5.89 Å². The van der Waals surface area contributed by atoms with Crippen molar-refractivity contribution in [1.29, 1.82) is 0 Å². The lowest BCUT2D eigenvalue weighted by atomic mass is 10.2. The number of nitrogens with zero attached hydrogens (tertiary/aromatic N) is 3. The summed E-state index contributed by atoms with van der Waals surface area (Å²) in [7, 11) is 0. The number of nitrogen functional groups attached to an aromatic ring is 1. The Bertz CT molecular complexity index is 505. The molecule has 2 rings (SSSR count). The average molecular weight is 219 g/mol. The smallest absolute Gasteiger partial charge is 0.322 e. The number of carbonyl (C=O) groups is 1. The van der Waals surface area contributed by atoms with Gasteiger partial charge < -0.3 is 10.2 Å². The Hall–Kier alpha value is -2.44. The van der Waals surface area contributed by atoms with Gasteiger partial charge in [0.1, 0.15) is 5.82 Å². The van der Waals surface area contributed by atoms with E-state index >= 15 is 0 Å². The van der Waals surface area contributed by atoms with Gasteiger partial charge in [-0.3, -0.25) is 10.1 Å². The van der Waals surface area contributed by atoms with Crippen molar-refractivity contribution in [3.8, 4) is 0 Å². The summed E-state index contributed by atoms with van der Waals surface area (Å²) in [4.78, 5) is 15.4. The number of hydrogen-bond donors (Lipinski definition) is 2. The fraction of sp³-hybridized carbons (Fsp3) is 0.111. The zero-order valence-electron chi connectivity index (χ0n) is 8.47. The molecule has 0 radical (unpaired) electrons. The third-order valence-electron chi connectivity index (χ3n) is 1.80. The fourth-order valence-corrected chi connectivity index (χ4v) is 1.06. The van der Waals surface area contributed by atoms with E-state index in [-0.39, 0.29) is 11.9 Å². The van der Waals surface area contributed by atoms with E-state index in [4.69, 9.17) is 10.2 Å². The molecule has 0 aliphatic rings. The maximum atomic E-state index is 11.6. The lowest BCUT2D eigenvalue weighted by molar-refractivity contribution is 0.102. The molecule has 0 saturated carbocycles. The van der Waals surface area contributed by atoms with Crippen molar-refractivity contribution in [2.75, 3.05) is 11.1 Å². The zero-order chi connectivity index (χ0) is 11.5. The van der Waals surface area contributed by atoms with Crippen molar-refractivity contribution in [2.24, 2.45) is 0 Å². The molecule has 0 fully saturated rings. The highest BCUT2D eigenvalue weighted by molar-refractivity contribution is 6.02. The first-order valence-electron chi connectivity index (χ1n) is 4.48. The first-order valence-corrected chi connectivity index (χ1v) is 4.48. The Morgan fingerprint density at radius 3 is 2.81 bits per heavy atom. The second kappa shape index (κ2) is 3.97. The second-order valence-corrected chi connectivity index (χ2v) is 3.05. The Kier molecular flexibility index (Phi) is 2.50. The molecule has 0 spiro atoms. The molecule has 2 aromatic rings. The van der Waals surface area contributed by atoms with Crippen LogP contribution in [-0.4, -0.2) is 21.1 Å². The second-order valence-electron chi connectivity index (χ2n) is 3.05. The molecular formula is C9H9N5O2. The molecular weight excluding hydrogens is 210 g/mol. The lowest BCUT2D eigenvalue weighted by Crippen LogP contribution is -2.12. The summed E-state index contributed by atoms with van der Waals surface area (Å²) in [6.45, 7) is 1.63. The van der Waals surface area contributed by atoms with Gasteiger partial charge in [0, 0.05) is 13.1 Å². The number of pyridine rings is 1. The van der Waals surface area contributed by atoms with E-state index in [1.807, 2.05) is 0 Å². The molecule has 0 bridgehead atoms. The minimum Gasteiger partial charge on any atom is -0.408 e. The van der Waals surface area contributed by atoms with Crippen LogP contribution in [0.3, 0.4) is 0 Å². The van der Waals surface area contributed by atoms with Gasteiger partial charge in [-0.1, -0.05) is 5.10 Å². The van der Waals surface area contributed by atoms with E-state index in [0.717, 1.165) is 0 Å². The minimum absolute atomic E-state index is 0.0549. The highest BCUT2D eigenvalue weighted by Gasteiger charge is 2.10. The van der Waals surface area contributed by atoms with Gasteiger partial charge in [-0.2, -0.15) is 0 Å². The maximum Gasteiger partial charge on any atom is 0.322 e. The van der Waals surface area contributed by atoms with Crippen molar-refractivity contribution in [3.63, 3.8) is 0 Å². The van der Waals surface area contributed by atoms with Gasteiger partial charge >= 0.3 is 6.01 Å². The summed E-state index contributed by atoms with van der Waals surface area (Å²) in [5.74, 6) is 0.354. The average Bonchev–Trinajstić information content (AvgIpc) is 2.65. The summed E-state index contributed by atoms with van der Waals surface area (Å²) in [6.07, 6.45) is 1.37. The Labute approximate surface area is 90.7 Å². The number of nitrogens with two attached hydrogens (primary N) is 1. The third kappa shape index (κ3) is 2.14. The van der Waals surface area contributed by atoms with Crippen LogP contribution in [0.5, 0.6) is 0 Å². The number of anilines is 2. The van der Waals surface area contributed by atoms with Gasteiger partial charge in [-0.05, 0) is 12.1 Å². The number of nitrogens with one attached hydrogen (secondary N) is 1. The number of amides is 1. The van der Waals surface area contributed by atoms with E-state index in [1.165, 1.54) is 12.3 Å². The number of hydrogen-bond acceptors (Lipinski definition) is 6. The summed E-state index contributed by atoms with van der Waals surface area (Å²) < 4.78 is 5.00. The quantitative estimate of drug-likeness (QED) is 0.766. The number of rotatable bonds is 2. The van der Waals surface area contributed by atoms with E-state index in [1.54, 1.807) is 13.0 Å². The van der Waals surface area contributed by atoms with Crippen LogP contribution in [0.25, 0.3) is 0 Å². The van der Waals surface area contributed by atoms with Gasteiger partial charge in [-0.25, -0.2) is 4.98 Å². The number of aromatic nitrogens is 3. The van der Waals surface area contributed by atoms with Gasteiger partial charge in [0.05, 0.1) is 5.56 Å². The lowest BCUT2D eigenvalue weighted by Gasteiger charge is -1.99. The van der Waals surface area contributed by atoms with Gasteiger partial charge in [-0.15, -0.1) is 5.10 Å². The molecule has 2 aromatic heterocycles. The largest absolute Gasteiger partial charge is 0.408 e. The maximum absolute atomic E-state index is 11.6. The van der Waals surface area contributed by atoms with Gasteiger partial charge in [0.25, 0.3) is 5.91 Å². The van der Waals surface area contributed by atoms with Crippen LogP contribution < -0.4 is 11.1 Å². The molecule has 7 nitrogen and oxygen atoms in total. The van der Waals surface area contributed by atoms with Crippen LogP contribution in [0.15, 0.2) is 22.7 Å². The minimum atomic E-state index is -0.379.